The SMILES string of the molecule is CCCC(Cl)CNS(=O)(=O)c1ccc(F)cc1F. The van der Waals surface area contributed by atoms with Gasteiger partial charge in [-0.2, -0.15) is 0 Å². The van der Waals surface area contributed by atoms with Gasteiger partial charge >= 0.3 is 0 Å². The average molecular weight is 298 g/mol. The van der Waals surface area contributed by atoms with Crippen molar-refractivity contribution in [1.82, 2.24) is 4.72 Å². The van der Waals surface area contributed by atoms with Crippen LogP contribution in [0.15, 0.2) is 23.1 Å². The fourth-order valence-electron chi connectivity index (χ4n) is 1.39. The fourth-order valence-corrected chi connectivity index (χ4v) is 2.91. The molecule has 0 aromatic heterocycles. The molecule has 1 N–H and O–H groups in total. The first-order valence-electron chi connectivity index (χ1n) is 5.45. The van der Waals surface area contributed by atoms with Crippen molar-refractivity contribution in [3.63, 3.8) is 0 Å². The summed E-state index contributed by atoms with van der Waals surface area (Å²) in [4.78, 5) is -0.579. The standard InChI is InChI=1S/C11H14ClF2NO2S/c1-2-3-8(12)7-15-18(16,17)11-5-4-9(13)6-10(11)14/h4-6,8,15H,2-3,7H2,1H3. The molecule has 0 aliphatic rings. The summed E-state index contributed by atoms with van der Waals surface area (Å²) in [5.41, 5.74) is 0. The molecule has 0 fully saturated rings. The van der Waals surface area contributed by atoms with Crippen LogP contribution in [0.1, 0.15) is 19.8 Å². The van der Waals surface area contributed by atoms with Crippen LogP contribution >= 0.6 is 11.6 Å². The Morgan fingerprint density at radius 3 is 2.61 bits per heavy atom. The van der Waals surface area contributed by atoms with Crippen LogP contribution in [-0.4, -0.2) is 20.3 Å². The zero-order valence-corrected chi connectivity index (χ0v) is 11.4. The molecule has 1 aromatic carbocycles. The maximum Gasteiger partial charge on any atom is 0.243 e. The van der Waals surface area contributed by atoms with Gasteiger partial charge in [-0.3, -0.25) is 0 Å². The van der Waals surface area contributed by atoms with Gasteiger partial charge in [0.05, 0.1) is 0 Å². The molecule has 3 nitrogen and oxygen atoms in total. The van der Waals surface area contributed by atoms with Crippen LogP contribution < -0.4 is 4.72 Å². The van der Waals surface area contributed by atoms with Crippen LogP contribution in [0.4, 0.5) is 8.78 Å². The predicted molar refractivity (Wildman–Crippen MR) is 66.1 cm³/mol. The molecule has 0 radical (unpaired) electrons. The van der Waals surface area contributed by atoms with E-state index in [0.717, 1.165) is 18.6 Å². The van der Waals surface area contributed by atoms with E-state index >= 15 is 0 Å². The molecular weight excluding hydrogens is 284 g/mol. The van der Waals surface area contributed by atoms with E-state index in [9.17, 15) is 17.2 Å². The molecule has 1 atom stereocenters. The molecule has 0 amide bonds. The van der Waals surface area contributed by atoms with Crippen molar-refractivity contribution >= 4 is 21.6 Å². The molecular formula is C11H14ClF2NO2S. The number of nitrogens with one attached hydrogen (secondary N) is 1. The van der Waals surface area contributed by atoms with Crippen molar-refractivity contribution < 1.29 is 17.2 Å². The Morgan fingerprint density at radius 1 is 1.39 bits per heavy atom. The third-order valence-electron chi connectivity index (χ3n) is 2.28. The number of alkyl halides is 1. The summed E-state index contributed by atoms with van der Waals surface area (Å²) >= 11 is 5.86. The van der Waals surface area contributed by atoms with Crippen LogP contribution in [0.5, 0.6) is 0 Å². The summed E-state index contributed by atoms with van der Waals surface area (Å²) < 4.78 is 51.7. The van der Waals surface area contributed by atoms with E-state index in [0.29, 0.717) is 12.5 Å². The molecule has 102 valence electrons. The number of hydrogen-bond acceptors (Lipinski definition) is 2. The molecule has 0 spiro atoms. The summed E-state index contributed by atoms with van der Waals surface area (Å²) in [5.74, 6) is -1.95. The molecule has 0 saturated heterocycles. The highest BCUT2D eigenvalue weighted by Crippen LogP contribution is 2.15. The van der Waals surface area contributed by atoms with Gasteiger partial charge in [0, 0.05) is 18.0 Å². The lowest BCUT2D eigenvalue weighted by Gasteiger charge is -2.11. The minimum absolute atomic E-state index is 0.00848. The van der Waals surface area contributed by atoms with E-state index in [1.807, 2.05) is 6.92 Å². The number of rotatable bonds is 6. The monoisotopic (exact) mass is 297 g/mol. The Hall–Kier alpha value is -0.720. The topological polar surface area (TPSA) is 46.2 Å². The van der Waals surface area contributed by atoms with Crippen molar-refractivity contribution in [2.75, 3.05) is 6.54 Å². The Labute approximate surface area is 110 Å². The second kappa shape index (κ2) is 6.45. The zero-order chi connectivity index (χ0) is 13.8. The molecule has 0 saturated carbocycles. The highest BCUT2D eigenvalue weighted by atomic mass is 35.5. The van der Waals surface area contributed by atoms with E-state index in [1.165, 1.54) is 0 Å². The first-order chi connectivity index (χ1) is 8.36. The predicted octanol–water partition coefficient (Wildman–Crippen LogP) is 2.65. The molecule has 1 unspecified atom stereocenters. The first-order valence-corrected chi connectivity index (χ1v) is 7.37. The lowest BCUT2D eigenvalue weighted by Crippen LogP contribution is -2.30. The molecule has 0 bridgehead atoms. The molecule has 0 aliphatic carbocycles. The number of hydrogen-bond donors (Lipinski definition) is 1. The lowest BCUT2D eigenvalue weighted by molar-refractivity contribution is 0.541. The highest BCUT2D eigenvalue weighted by molar-refractivity contribution is 7.89. The second-order valence-corrected chi connectivity index (χ2v) is 6.17. The normalized spacial score (nSPS) is 13.6. The Balaban J connectivity index is 2.80. The van der Waals surface area contributed by atoms with Gasteiger partial charge < -0.3 is 0 Å². The van der Waals surface area contributed by atoms with Crippen molar-refractivity contribution in [2.24, 2.45) is 0 Å². The van der Waals surface area contributed by atoms with Gasteiger partial charge in [-0.05, 0) is 18.6 Å². The fraction of sp³-hybridized carbons (Fsp3) is 0.455. The van der Waals surface area contributed by atoms with E-state index in [1.54, 1.807) is 0 Å². The van der Waals surface area contributed by atoms with Crippen LogP contribution in [0.2, 0.25) is 0 Å². The third kappa shape index (κ3) is 4.19. The lowest BCUT2D eigenvalue weighted by atomic mass is 10.2. The zero-order valence-electron chi connectivity index (χ0n) is 9.79. The summed E-state index contributed by atoms with van der Waals surface area (Å²) in [5, 5.41) is -0.353. The van der Waals surface area contributed by atoms with Gasteiger partial charge in [0.15, 0.2) is 0 Å². The summed E-state index contributed by atoms with van der Waals surface area (Å²) in [7, 11) is -4.00. The van der Waals surface area contributed by atoms with Crippen molar-refractivity contribution in [2.45, 2.75) is 30.0 Å². The van der Waals surface area contributed by atoms with E-state index in [4.69, 9.17) is 11.6 Å². The Kier molecular flexibility index (Phi) is 5.49. The van der Waals surface area contributed by atoms with Gasteiger partial charge in [-0.15, -0.1) is 11.6 Å². The van der Waals surface area contributed by atoms with Crippen LogP contribution in [0, 0.1) is 11.6 Å². The first kappa shape index (κ1) is 15.3. The molecule has 1 rings (SSSR count). The molecule has 0 heterocycles. The maximum atomic E-state index is 13.3. The smallest absolute Gasteiger partial charge is 0.210 e. The number of benzene rings is 1. The van der Waals surface area contributed by atoms with Crippen LogP contribution in [-0.2, 0) is 10.0 Å². The largest absolute Gasteiger partial charge is 0.243 e. The van der Waals surface area contributed by atoms with Gasteiger partial charge in [0.2, 0.25) is 10.0 Å². The summed E-state index contributed by atoms with van der Waals surface area (Å²) in [6.07, 6.45) is 1.47. The molecule has 1 aromatic rings. The van der Waals surface area contributed by atoms with Gasteiger partial charge in [0.25, 0.3) is 0 Å². The van der Waals surface area contributed by atoms with Gasteiger partial charge in [-0.25, -0.2) is 21.9 Å². The van der Waals surface area contributed by atoms with E-state index in [-0.39, 0.29) is 11.9 Å². The second-order valence-electron chi connectivity index (χ2n) is 3.81. The average Bonchev–Trinajstić information content (AvgIpc) is 2.26. The van der Waals surface area contributed by atoms with Gasteiger partial charge in [0.1, 0.15) is 16.5 Å². The Morgan fingerprint density at radius 2 is 2.06 bits per heavy atom. The third-order valence-corrected chi connectivity index (χ3v) is 4.11. The van der Waals surface area contributed by atoms with Crippen LogP contribution in [0.3, 0.4) is 0 Å². The summed E-state index contributed by atoms with van der Waals surface area (Å²) in [6, 6.07) is 2.30. The number of halogens is 3. The van der Waals surface area contributed by atoms with Crippen molar-refractivity contribution in [1.29, 1.82) is 0 Å². The molecule has 7 heteroatoms. The van der Waals surface area contributed by atoms with E-state index < -0.39 is 26.6 Å². The minimum Gasteiger partial charge on any atom is -0.210 e. The van der Waals surface area contributed by atoms with Crippen LogP contribution in [0.25, 0.3) is 0 Å². The molecule has 0 aliphatic heterocycles. The Bertz CT molecular complexity index is 508. The maximum absolute atomic E-state index is 13.3. The van der Waals surface area contributed by atoms with Gasteiger partial charge in [-0.1, -0.05) is 13.3 Å². The number of sulfonamides is 1. The molecule has 18 heavy (non-hydrogen) atoms. The quantitative estimate of drug-likeness (QED) is 0.821. The van der Waals surface area contributed by atoms with E-state index in [2.05, 4.69) is 4.72 Å². The van der Waals surface area contributed by atoms with Crippen molar-refractivity contribution in [3.8, 4) is 0 Å². The minimum atomic E-state index is -4.00. The highest BCUT2D eigenvalue weighted by Gasteiger charge is 2.20. The summed E-state index contributed by atoms with van der Waals surface area (Å²) in [6.45, 7) is 1.93. The van der Waals surface area contributed by atoms with Crippen molar-refractivity contribution in [3.05, 3.63) is 29.8 Å².